The van der Waals surface area contributed by atoms with Crippen molar-refractivity contribution in [3.63, 3.8) is 0 Å². The molecule has 1 aliphatic heterocycles. The zero-order valence-electron chi connectivity index (χ0n) is 18.7. The summed E-state index contributed by atoms with van der Waals surface area (Å²) in [6, 6.07) is 20.8. The highest BCUT2D eigenvalue weighted by atomic mass is 35.5. The number of halogens is 1. The molecule has 0 aromatic heterocycles. The zero-order chi connectivity index (χ0) is 23.6. The van der Waals surface area contributed by atoms with Gasteiger partial charge < -0.3 is 14.7 Å². The maximum atomic E-state index is 13.2. The molecule has 0 spiro atoms. The van der Waals surface area contributed by atoms with E-state index in [4.69, 9.17) is 16.3 Å². The van der Waals surface area contributed by atoms with Crippen LogP contribution in [0.4, 0.5) is 0 Å². The third-order valence-corrected chi connectivity index (χ3v) is 6.04. The number of carbonyl (C=O) groups excluding carboxylic acids is 1. The summed E-state index contributed by atoms with van der Waals surface area (Å²) in [4.78, 5) is 26.0. The van der Waals surface area contributed by atoms with Gasteiger partial charge in [-0.2, -0.15) is 0 Å². The van der Waals surface area contributed by atoms with Crippen LogP contribution in [0.5, 0.6) is 5.75 Å². The van der Waals surface area contributed by atoms with Crippen LogP contribution in [0.15, 0.2) is 66.7 Å². The molecule has 1 amide bonds. The van der Waals surface area contributed by atoms with E-state index in [0.29, 0.717) is 23.4 Å². The van der Waals surface area contributed by atoms with Gasteiger partial charge in [-0.1, -0.05) is 53.6 Å². The lowest BCUT2D eigenvalue weighted by Gasteiger charge is -2.24. The SMILES string of the molecule is Cc1ccc(CN(CC(=O)O)C(=O)c2ccc3c(c2)C[C@](C)(Cc2cccc(Cl)c2)O3)cc1. The Labute approximate surface area is 198 Å². The van der Waals surface area contributed by atoms with Gasteiger partial charge in [0.05, 0.1) is 0 Å². The van der Waals surface area contributed by atoms with Crippen molar-refractivity contribution in [2.24, 2.45) is 0 Å². The minimum Gasteiger partial charge on any atom is -0.487 e. The van der Waals surface area contributed by atoms with Gasteiger partial charge in [0.15, 0.2) is 0 Å². The Hall–Kier alpha value is -3.31. The van der Waals surface area contributed by atoms with Gasteiger partial charge in [-0.15, -0.1) is 0 Å². The van der Waals surface area contributed by atoms with Crippen LogP contribution in [0.2, 0.25) is 5.02 Å². The van der Waals surface area contributed by atoms with Crippen molar-refractivity contribution in [2.75, 3.05) is 6.54 Å². The molecule has 33 heavy (non-hydrogen) atoms. The Balaban J connectivity index is 1.53. The molecular weight excluding hydrogens is 438 g/mol. The van der Waals surface area contributed by atoms with Crippen LogP contribution >= 0.6 is 11.6 Å². The van der Waals surface area contributed by atoms with Gasteiger partial charge in [0.2, 0.25) is 0 Å². The fourth-order valence-electron chi connectivity index (χ4n) is 4.29. The summed E-state index contributed by atoms with van der Waals surface area (Å²) in [6.07, 6.45) is 1.33. The third-order valence-electron chi connectivity index (χ3n) is 5.80. The van der Waals surface area contributed by atoms with Gasteiger partial charge in [0, 0.05) is 30.0 Å². The average Bonchev–Trinajstić information content (AvgIpc) is 3.08. The number of benzene rings is 3. The van der Waals surface area contributed by atoms with Crippen molar-refractivity contribution >= 4 is 23.5 Å². The number of amides is 1. The van der Waals surface area contributed by atoms with Crippen LogP contribution in [0.3, 0.4) is 0 Å². The van der Waals surface area contributed by atoms with E-state index in [0.717, 1.165) is 28.0 Å². The van der Waals surface area contributed by atoms with Gasteiger partial charge >= 0.3 is 5.97 Å². The van der Waals surface area contributed by atoms with E-state index in [9.17, 15) is 14.7 Å². The maximum absolute atomic E-state index is 13.2. The second-order valence-electron chi connectivity index (χ2n) is 8.90. The van der Waals surface area contributed by atoms with Crippen molar-refractivity contribution in [3.05, 3.63) is 99.6 Å². The molecule has 0 saturated carbocycles. The Morgan fingerprint density at radius 2 is 1.82 bits per heavy atom. The first-order valence-corrected chi connectivity index (χ1v) is 11.2. The van der Waals surface area contributed by atoms with Crippen LogP contribution in [0.1, 0.15) is 39.5 Å². The molecule has 5 nitrogen and oxygen atoms in total. The van der Waals surface area contributed by atoms with Crippen molar-refractivity contribution in [1.29, 1.82) is 0 Å². The van der Waals surface area contributed by atoms with E-state index in [-0.39, 0.29) is 19.0 Å². The molecule has 1 atom stereocenters. The average molecular weight is 464 g/mol. The third kappa shape index (κ3) is 5.55. The van der Waals surface area contributed by atoms with Crippen LogP contribution in [-0.4, -0.2) is 34.0 Å². The number of nitrogens with zero attached hydrogens (tertiary/aromatic N) is 1. The van der Waals surface area contributed by atoms with Crippen LogP contribution in [0.25, 0.3) is 0 Å². The summed E-state index contributed by atoms with van der Waals surface area (Å²) in [6.45, 7) is 3.89. The number of carboxylic acids is 1. The van der Waals surface area contributed by atoms with Crippen molar-refractivity contribution in [2.45, 2.75) is 38.8 Å². The lowest BCUT2D eigenvalue weighted by molar-refractivity contribution is -0.137. The second kappa shape index (κ2) is 9.28. The molecule has 3 aromatic rings. The van der Waals surface area contributed by atoms with E-state index in [1.807, 2.05) is 68.4 Å². The lowest BCUT2D eigenvalue weighted by atomic mass is 9.91. The van der Waals surface area contributed by atoms with E-state index in [1.165, 1.54) is 4.90 Å². The Morgan fingerprint density at radius 3 is 2.52 bits per heavy atom. The first kappa shape index (κ1) is 22.9. The van der Waals surface area contributed by atoms with E-state index in [2.05, 4.69) is 0 Å². The van der Waals surface area contributed by atoms with E-state index in [1.54, 1.807) is 12.1 Å². The molecule has 4 rings (SSSR count). The molecule has 0 radical (unpaired) electrons. The summed E-state index contributed by atoms with van der Waals surface area (Å²) in [5.41, 5.74) is 4.02. The second-order valence-corrected chi connectivity index (χ2v) is 9.33. The number of ether oxygens (including phenoxy) is 1. The minimum atomic E-state index is -1.05. The first-order chi connectivity index (χ1) is 15.7. The number of aryl methyl sites for hydroxylation is 1. The number of hydrogen-bond donors (Lipinski definition) is 1. The fourth-order valence-corrected chi connectivity index (χ4v) is 4.50. The smallest absolute Gasteiger partial charge is 0.323 e. The molecule has 1 aliphatic rings. The first-order valence-electron chi connectivity index (χ1n) is 10.8. The Morgan fingerprint density at radius 1 is 1.06 bits per heavy atom. The molecule has 0 saturated heterocycles. The molecule has 6 heteroatoms. The van der Waals surface area contributed by atoms with E-state index >= 15 is 0 Å². The van der Waals surface area contributed by atoms with Crippen molar-refractivity contribution in [1.82, 2.24) is 4.90 Å². The van der Waals surface area contributed by atoms with Gasteiger partial charge in [0.1, 0.15) is 17.9 Å². The maximum Gasteiger partial charge on any atom is 0.323 e. The highest BCUT2D eigenvalue weighted by Gasteiger charge is 2.35. The van der Waals surface area contributed by atoms with Crippen molar-refractivity contribution in [3.8, 4) is 5.75 Å². The van der Waals surface area contributed by atoms with Crippen LogP contribution in [0, 0.1) is 6.92 Å². The molecular formula is C27H26ClNO4. The number of carboxylic acid groups (broad SMARTS) is 1. The topological polar surface area (TPSA) is 66.8 Å². The minimum absolute atomic E-state index is 0.228. The molecule has 1 N–H and O–H groups in total. The van der Waals surface area contributed by atoms with Crippen molar-refractivity contribution < 1.29 is 19.4 Å². The monoisotopic (exact) mass is 463 g/mol. The fraction of sp³-hybridized carbons (Fsp3) is 0.259. The Bertz CT molecular complexity index is 1190. The normalized spacial score (nSPS) is 16.7. The van der Waals surface area contributed by atoms with E-state index < -0.39 is 11.6 Å². The number of rotatable bonds is 7. The van der Waals surface area contributed by atoms with Gasteiger partial charge in [-0.3, -0.25) is 9.59 Å². The summed E-state index contributed by atoms with van der Waals surface area (Å²) >= 11 is 6.13. The number of fused-ring (bicyclic) bond motifs is 1. The summed E-state index contributed by atoms with van der Waals surface area (Å²) in [7, 11) is 0. The molecule has 0 fully saturated rings. The zero-order valence-corrected chi connectivity index (χ0v) is 19.4. The number of aliphatic carboxylic acids is 1. The summed E-state index contributed by atoms with van der Waals surface area (Å²) in [5.74, 6) is -0.613. The standard InChI is InChI=1S/C27H26ClNO4/c1-18-6-8-19(9-7-18)16-29(17-25(30)31)26(32)21-10-11-24-22(13-21)15-27(2,33-24)14-20-4-3-5-23(28)12-20/h3-13H,14-17H2,1-2H3,(H,30,31)/t27-/m0/s1. The largest absolute Gasteiger partial charge is 0.487 e. The summed E-state index contributed by atoms with van der Waals surface area (Å²) < 4.78 is 6.24. The van der Waals surface area contributed by atoms with Crippen LogP contribution < -0.4 is 4.74 Å². The quantitative estimate of drug-likeness (QED) is 0.515. The highest BCUT2D eigenvalue weighted by Crippen LogP contribution is 2.38. The molecule has 0 unspecified atom stereocenters. The van der Waals surface area contributed by atoms with Gasteiger partial charge in [-0.05, 0) is 60.9 Å². The highest BCUT2D eigenvalue weighted by molar-refractivity contribution is 6.30. The number of hydrogen-bond acceptors (Lipinski definition) is 3. The number of carbonyl (C=O) groups is 2. The predicted molar refractivity (Wildman–Crippen MR) is 128 cm³/mol. The van der Waals surface area contributed by atoms with Crippen LogP contribution in [-0.2, 0) is 24.2 Å². The van der Waals surface area contributed by atoms with Gasteiger partial charge in [0.25, 0.3) is 5.91 Å². The molecule has 170 valence electrons. The molecule has 0 aliphatic carbocycles. The predicted octanol–water partition coefficient (Wildman–Crippen LogP) is 5.31. The lowest BCUT2D eigenvalue weighted by Crippen LogP contribution is -2.35. The Kier molecular flexibility index (Phi) is 6.43. The molecule has 3 aromatic carbocycles. The summed E-state index contributed by atoms with van der Waals surface area (Å²) in [5, 5.41) is 10.0. The molecule has 1 heterocycles. The van der Waals surface area contributed by atoms with Gasteiger partial charge in [-0.25, -0.2) is 0 Å². The molecule has 0 bridgehead atoms.